The Morgan fingerprint density at radius 2 is 2.07 bits per heavy atom. The molecule has 1 aliphatic heterocycles. The van der Waals surface area contributed by atoms with Crippen LogP contribution in [0.3, 0.4) is 0 Å². The molecule has 15 heavy (non-hydrogen) atoms. The van der Waals surface area contributed by atoms with Crippen molar-refractivity contribution in [2.75, 3.05) is 13.1 Å². The molecule has 1 aromatic rings. The van der Waals surface area contributed by atoms with E-state index in [4.69, 9.17) is 0 Å². The Balaban J connectivity index is 2.14. The lowest BCUT2D eigenvalue weighted by atomic mass is 10.1. The zero-order chi connectivity index (χ0) is 10.5. The number of pyridine rings is 1. The van der Waals surface area contributed by atoms with Gasteiger partial charge < -0.3 is 0 Å². The van der Waals surface area contributed by atoms with E-state index >= 15 is 0 Å². The molecule has 1 saturated heterocycles. The lowest BCUT2D eigenvalue weighted by Gasteiger charge is -2.29. The first-order chi connectivity index (χ1) is 7.42. The summed E-state index contributed by atoms with van der Waals surface area (Å²) < 4.78 is 0. The second-order valence-electron chi connectivity index (χ2n) is 3.88. The molecule has 0 aromatic carbocycles. The third-order valence-electron chi connectivity index (χ3n) is 2.85. The predicted octanol–water partition coefficient (Wildman–Crippen LogP) is 2.13. The highest BCUT2D eigenvalue weighted by molar-refractivity contribution is 5.16. The van der Waals surface area contributed by atoms with Crippen LogP contribution in [0.4, 0.5) is 0 Å². The second kappa shape index (κ2) is 4.90. The number of rotatable bonds is 2. The van der Waals surface area contributed by atoms with Crippen molar-refractivity contribution in [2.45, 2.75) is 25.3 Å². The first-order valence-electron chi connectivity index (χ1n) is 5.46. The van der Waals surface area contributed by atoms with E-state index in [2.05, 4.69) is 16.0 Å². The fourth-order valence-corrected chi connectivity index (χ4v) is 2.05. The van der Waals surface area contributed by atoms with Crippen molar-refractivity contribution in [1.82, 2.24) is 9.88 Å². The quantitative estimate of drug-likeness (QED) is 0.736. The van der Waals surface area contributed by atoms with Gasteiger partial charge in [-0.3, -0.25) is 9.88 Å². The topological polar surface area (TPSA) is 39.9 Å². The minimum absolute atomic E-state index is 0.161. The molecular weight excluding hydrogens is 186 g/mol. The molecule has 0 aliphatic carbocycles. The average Bonchev–Trinajstić information content (AvgIpc) is 2.33. The van der Waals surface area contributed by atoms with Gasteiger partial charge in [-0.05, 0) is 38.1 Å². The summed E-state index contributed by atoms with van der Waals surface area (Å²) >= 11 is 0. The summed E-state index contributed by atoms with van der Waals surface area (Å²) in [7, 11) is 0. The minimum atomic E-state index is -0.161. The molecule has 0 bridgehead atoms. The van der Waals surface area contributed by atoms with Crippen LogP contribution in [0.5, 0.6) is 0 Å². The molecule has 2 rings (SSSR count). The highest BCUT2D eigenvalue weighted by atomic mass is 15.2. The molecule has 0 amide bonds. The van der Waals surface area contributed by atoms with Gasteiger partial charge in [0.05, 0.1) is 11.8 Å². The third kappa shape index (κ3) is 2.34. The van der Waals surface area contributed by atoms with Crippen LogP contribution in [0.2, 0.25) is 0 Å². The summed E-state index contributed by atoms with van der Waals surface area (Å²) in [5, 5.41) is 9.20. The van der Waals surface area contributed by atoms with Crippen LogP contribution in [0.15, 0.2) is 24.4 Å². The number of nitrogens with zero attached hydrogens (tertiary/aromatic N) is 3. The van der Waals surface area contributed by atoms with E-state index in [0.29, 0.717) is 0 Å². The summed E-state index contributed by atoms with van der Waals surface area (Å²) in [6.07, 6.45) is 5.44. The molecular formula is C12H15N3. The van der Waals surface area contributed by atoms with Crippen LogP contribution in [-0.2, 0) is 0 Å². The monoisotopic (exact) mass is 201 g/mol. The van der Waals surface area contributed by atoms with E-state index in [0.717, 1.165) is 18.8 Å². The van der Waals surface area contributed by atoms with E-state index in [1.807, 2.05) is 18.2 Å². The van der Waals surface area contributed by atoms with Crippen molar-refractivity contribution in [3.63, 3.8) is 0 Å². The van der Waals surface area contributed by atoms with Crippen LogP contribution in [0, 0.1) is 11.3 Å². The van der Waals surface area contributed by atoms with Crippen molar-refractivity contribution >= 4 is 0 Å². The van der Waals surface area contributed by atoms with Gasteiger partial charge in [-0.15, -0.1) is 0 Å². The van der Waals surface area contributed by atoms with Gasteiger partial charge in [0, 0.05) is 6.20 Å². The zero-order valence-electron chi connectivity index (χ0n) is 8.76. The Morgan fingerprint density at radius 1 is 1.27 bits per heavy atom. The van der Waals surface area contributed by atoms with Gasteiger partial charge in [-0.2, -0.15) is 5.26 Å². The van der Waals surface area contributed by atoms with Crippen molar-refractivity contribution < 1.29 is 0 Å². The van der Waals surface area contributed by atoms with E-state index in [1.54, 1.807) is 6.20 Å². The lowest BCUT2D eigenvalue weighted by molar-refractivity contribution is 0.193. The molecule has 1 aromatic heterocycles. The Hall–Kier alpha value is -1.40. The maximum absolute atomic E-state index is 9.20. The number of hydrogen-bond donors (Lipinski definition) is 0. The van der Waals surface area contributed by atoms with Gasteiger partial charge in [-0.25, -0.2) is 0 Å². The van der Waals surface area contributed by atoms with Crippen molar-refractivity contribution in [3.05, 3.63) is 30.1 Å². The molecule has 3 heteroatoms. The highest BCUT2D eigenvalue weighted by Crippen LogP contribution is 2.21. The van der Waals surface area contributed by atoms with E-state index in [9.17, 15) is 5.26 Å². The Labute approximate surface area is 90.4 Å². The summed E-state index contributed by atoms with van der Waals surface area (Å²) in [4.78, 5) is 6.49. The smallest absolute Gasteiger partial charge is 0.140 e. The van der Waals surface area contributed by atoms with Crippen LogP contribution in [-0.4, -0.2) is 23.0 Å². The molecule has 2 heterocycles. The SMILES string of the molecule is N#C[C@@H](c1ccccn1)N1CCCCC1. The van der Waals surface area contributed by atoms with Gasteiger partial charge in [-0.1, -0.05) is 12.5 Å². The van der Waals surface area contributed by atoms with Gasteiger partial charge in [0.15, 0.2) is 0 Å². The fraction of sp³-hybridized carbons (Fsp3) is 0.500. The molecule has 1 fully saturated rings. The Morgan fingerprint density at radius 3 is 2.67 bits per heavy atom. The van der Waals surface area contributed by atoms with E-state index in [-0.39, 0.29) is 6.04 Å². The molecule has 1 aliphatic rings. The van der Waals surface area contributed by atoms with Gasteiger partial charge in [0.2, 0.25) is 0 Å². The molecule has 0 radical (unpaired) electrons. The fourth-order valence-electron chi connectivity index (χ4n) is 2.05. The lowest BCUT2D eigenvalue weighted by Crippen LogP contribution is -2.33. The molecule has 3 nitrogen and oxygen atoms in total. The number of piperidine rings is 1. The zero-order valence-corrected chi connectivity index (χ0v) is 8.76. The Bertz CT molecular complexity index is 336. The summed E-state index contributed by atoms with van der Waals surface area (Å²) in [5.74, 6) is 0. The van der Waals surface area contributed by atoms with E-state index < -0.39 is 0 Å². The summed E-state index contributed by atoms with van der Waals surface area (Å²) in [6, 6.07) is 7.95. The minimum Gasteiger partial charge on any atom is -0.283 e. The van der Waals surface area contributed by atoms with Crippen molar-refractivity contribution in [1.29, 1.82) is 5.26 Å². The number of likely N-dealkylation sites (tertiary alicyclic amines) is 1. The first-order valence-corrected chi connectivity index (χ1v) is 5.46. The first kappa shape index (κ1) is 10.1. The molecule has 1 atom stereocenters. The normalized spacial score (nSPS) is 19.4. The molecule has 0 unspecified atom stereocenters. The van der Waals surface area contributed by atoms with Crippen molar-refractivity contribution in [2.24, 2.45) is 0 Å². The third-order valence-corrected chi connectivity index (χ3v) is 2.85. The van der Waals surface area contributed by atoms with Crippen molar-refractivity contribution in [3.8, 4) is 6.07 Å². The van der Waals surface area contributed by atoms with Gasteiger partial charge in [0.25, 0.3) is 0 Å². The van der Waals surface area contributed by atoms with Gasteiger partial charge in [0.1, 0.15) is 6.04 Å². The van der Waals surface area contributed by atoms with E-state index in [1.165, 1.54) is 19.3 Å². The number of hydrogen-bond acceptors (Lipinski definition) is 3. The molecule has 0 spiro atoms. The standard InChI is InChI=1S/C12H15N3/c13-10-12(11-6-2-3-7-14-11)15-8-4-1-5-9-15/h2-3,6-7,12H,1,4-5,8-9H2/t12-/m0/s1. The number of aromatic nitrogens is 1. The largest absolute Gasteiger partial charge is 0.283 e. The molecule has 0 N–H and O–H groups in total. The summed E-state index contributed by atoms with van der Waals surface area (Å²) in [5.41, 5.74) is 0.877. The van der Waals surface area contributed by atoms with Crippen LogP contribution < -0.4 is 0 Å². The predicted molar refractivity (Wildman–Crippen MR) is 58.0 cm³/mol. The summed E-state index contributed by atoms with van der Waals surface area (Å²) in [6.45, 7) is 2.05. The second-order valence-corrected chi connectivity index (χ2v) is 3.88. The Kier molecular flexibility index (Phi) is 3.31. The molecule has 0 saturated carbocycles. The highest BCUT2D eigenvalue weighted by Gasteiger charge is 2.22. The van der Waals surface area contributed by atoms with Crippen LogP contribution in [0.25, 0.3) is 0 Å². The number of nitriles is 1. The van der Waals surface area contributed by atoms with Crippen LogP contribution >= 0.6 is 0 Å². The average molecular weight is 201 g/mol. The maximum atomic E-state index is 9.20. The maximum Gasteiger partial charge on any atom is 0.140 e. The molecule has 78 valence electrons. The van der Waals surface area contributed by atoms with Crippen LogP contribution in [0.1, 0.15) is 31.0 Å². The van der Waals surface area contributed by atoms with Gasteiger partial charge >= 0.3 is 0 Å².